The molecule has 0 atom stereocenters. The van der Waals surface area contributed by atoms with E-state index in [1.807, 2.05) is 0 Å². The summed E-state index contributed by atoms with van der Waals surface area (Å²) in [5.41, 5.74) is 4.18. The molecule has 2 aromatic rings. The van der Waals surface area contributed by atoms with E-state index >= 15 is 0 Å². The van der Waals surface area contributed by atoms with E-state index in [-0.39, 0.29) is 22.8 Å². The van der Waals surface area contributed by atoms with Crippen molar-refractivity contribution in [3.63, 3.8) is 0 Å². The van der Waals surface area contributed by atoms with Crippen LogP contribution in [-0.4, -0.2) is 54.9 Å². The van der Waals surface area contributed by atoms with Crippen molar-refractivity contribution in [2.45, 2.75) is 91.0 Å². The Morgan fingerprint density at radius 1 is 0.892 bits per heavy atom. The smallest absolute Gasteiger partial charge is 0.308 e. The molecule has 8 heteroatoms. The molecule has 2 aliphatic heterocycles. The van der Waals surface area contributed by atoms with E-state index in [0.717, 1.165) is 42.4 Å². The number of hydrogen-bond donors (Lipinski definition) is 1. The quantitative estimate of drug-likeness (QED) is 0.580. The number of ether oxygens (including phenoxy) is 1. The van der Waals surface area contributed by atoms with Crippen molar-refractivity contribution >= 4 is 16.1 Å². The molecule has 0 unspecified atom stereocenters. The van der Waals surface area contributed by atoms with E-state index in [9.17, 15) is 13.2 Å². The number of hydrogen-bond acceptors (Lipinski definition) is 4. The van der Waals surface area contributed by atoms with Crippen LogP contribution in [0.3, 0.4) is 0 Å². The SMILES string of the molecule is Cc1c(C(=O)NC2COC2)cc(-c2cc(C(C)(C)C)cc(C(C)(C)C)c2)n1S(=O)(=O)N1CCCCCC1. The lowest BCUT2D eigenvalue weighted by atomic mass is 9.79. The molecule has 0 saturated carbocycles. The Morgan fingerprint density at radius 3 is 1.89 bits per heavy atom. The molecule has 1 N–H and O–H groups in total. The Labute approximate surface area is 222 Å². The molecule has 1 aromatic heterocycles. The predicted octanol–water partition coefficient (Wildman–Crippen LogP) is 5.16. The zero-order valence-corrected chi connectivity index (χ0v) is 24.3. The van der Waals surface area contributed by atoms with Gasteiger partial charge in [0.15, 0.2) is 0 Å². The second-order valence-corrected chi connectivity index (χ2v) is 14.4. The van der Waals surface area contributed by atoms with Crippen molar-refractivity contribution in [2.24, 2.45) is 0 Å². The van der Waals surface area contributed by atoms with Crippen molar-refractivity contribution in [3.8, 4) is 11.3 Å². The molecule has 2 fully saturated rings. The number of aromatic nitrogens is 1. The molecule has 1 aromatic carbocycles. The Morgan fingerprint density at radius 2 is 1.43 bits per heavy atom. The number of nitrogens with zero attached hydrogens (tertiary/aromatic N) is 2. The highest BCUT2D eigenvalue weighted by Crippen LogP contribution is 2.36. The maximum atomic E-state index is 14.2. The minimum Gasteiger partial charge on any atom is -0.377 e. The molecule has 2 aliphatic rings. The normalized spacial score (nSPS) is 18.4. The van der Waals surface area contributed by atoms with Gasteiger partial charge in [0.1, 0.15) is 0 Å². The van der Waals surface area contributed by atoms with Gasteiger partial charge < -0.3 is 10.1 Å². The highest BCUT2D eigenvalue weighted by atomic mass is 32.2. The maximum Gasteiger partial charge on any atom is 0.308 e. The second kappa shape index (κ2) is 10.2. The zero-order valence-electron chi connectivity index (χ0n) is 23.5. The van der Waals surface area contributed by atoms with Gasteiger partial charge in [0.2, 0.25) is 0 Å². The summed E-state index contributed by atoms with van der Waals surface area (Å²) < 4.78 is 36.6. The van der Waals surface area contributed by atoms with Gasteiger partial charge >= 0.3 is 10.2 Å². The third kappa shape index (κ3) is 5.81. The Kier molecular flexibility index (Phi) is 7.68. The summed E-state index contributed by atoms with van der Waals surface area (Å²) in [6.07, 6.45) is 3.75. The summed E-state index contributed by atoms with van der Waals surface area (Å²) in [6, 6.07) is 8.10. The highest BCUT2D eigenvalue weighted by Gasteiger charge is 2.33. The van der Waals surface area contributed by atoms with Gasteiger partial charge in [0.05, 0.1) is 30.5 Å². The molecule has 0 bridgehead atoms. The van der Waals surface area contributed by atoms with Crippen molar-refractivity contribution in [1.82, 2.24) is 13.6 Å². The molecule has 1 amide bonds. The number of benzene rings is 1. The minimum absolute atomic E-state index is 0.0439. The average molecular weight is 530 g/mol. The van der Waals surface area contributed by atoms with Gasteiger partial charge in [-0.25, -0.2) is 3.97 Å². The fourth-order valence-electron chi connectivity index (χ4n) is 4.93. The molecule has 0 aliphatic carbocycles. The van der Waals surface area contributed by atoms with Gasteiger partial charge in [0.25, 0.3) is 5.91 Å². The summed E-state index contributed by atoms with van der Waals surface area (Å²) in [6.45, 7) is 16.7. The van der Waals surface area contributed by atoms with Crippen LogP contribution in [0.15, 0.2) is 24.3 Å². The Hall–Kier alpha value is -2.16. The first-order chi connectivity index (χ1) is 17.2. The minimum atomic E-state index is -3.88. The van der Waals surface area contributed by atoms with E-state index in [4.69, 9.17) is 4.74 Å². The van der Waals surface area contributed by atoms with Crippen LogP contribution in [0.5, 0.6) is 0 Å². The van der Waals surface area contributed by atoms with E-state index in [2.05, 4.69) is 65.1 Å². The lowest BCUT2D eigenvalue weighted by Crippen LogP contribution is -2.48. The second-order valence-electron chi connectivity index (χ2n) is 12.6. The number of carbonyl (C=O) groups is 1. The molecular weight excluding hydrogens is 486 g/mol. The first kappa shape index (κ1) is 27.9. The molecule has 0 radical (unpaired) electrons. The summed E-state index contributed by atoms with van der Waals surface area (Å²) in [7, 11) is -3.88. The molecule has 204 valence electrons. The van der Waals surface area contributed by atoms with Crippen molar-refractivity contribution in [3.05, 3.63) is 46.6 Å². The maximum absolute atomic E-state index is 14.2. The number of nitrogens with one attached hydrogen (secondary N) is 1. The summed E-state index contributed by atoms with van der Waals surface area (Å²) in [5, 5.41) is 2.99. The van der Waals surface area contributed by atoms with Crippen LogP contribution in [0.2, 0.25) is 0 Å². The summed E-state index contributed by atoms with van der Waals surface area (Å²) in [5.74, 6) is -0.264. The average Bonchev–Trinajstić information content (AvgIpc) is 2.94. The fraction of sp³-hybridized carbons (Fsp3) is 0.621. The van der Waals surface area contributed by atoms with Gasteiger partial charge in [-0.05, 0) is 65.5 Å². The molecule has 2 saturated heterocycles. The van der Waals surface area contributed by atoms with E-state index < -0.39 is 10.2 Å². The third-order valence-corrected chi connectivity index (χ3v) is 9.44. The number of amides is 1. The molecule has 7 nitrogen and oxygen atoms in total. The largest absolute Gasteiger partial charge is 0.377 e. The topological polar surface area (TPSA) is 80.6 Å². The first-order valence-electron chi connectivity index (χ1n) is 13.5. The van der Waals surface area contributed by atoms with Crippen LogP contribution in [-0.2, 0) is 25.8 Å². The molecule has 3 heterocycles. The van der Waals surface area contributed by atoms with E-state index in [0.29, 0.717) is 43.3 Å². The van der Waals surface area contributed by atoms with Crippen LogP contribution in [0, 0.1) is 6.92 Å². The third-order valence-electron chi connectivity index (χ3n) is 7.50. The number of rotatable bonds is 5. The van der Waals surface area contributed by atoms with Crippen LogP contribution < -0.4 is 5.32 Å². The monoisotopic (exact) mass is 529 g/mol. The molecular formula is C29H43N3O4S. The summed E-state index contributed by atoms with van der Waals surface area (Å²) in [4.78, 5) is 13.3. The Balaban J connectivity index is 1.93. The molecule has 4 rings (SSSR count). The van der Waals surface area contributed by atoms with Gasteiger partial charge in [-0.15, -0.1) is 0 Å². The number of carbonyl (C=O) groups excluding carboxylic acids is 1. The fourth-order valence-corrected chi connectivity index (χ4v) is 6.73. The van der Waals surface area contributed by atoms with Gasteiger partial charge in [-0.1, -0.05) is 60.5 Å². The lowest BCUT2D eigenvalue weighted by molar-refractivity contribution is -0.00347. The van der Waals surface area contributed by atoms with Crippen molar-refractivity contribution < 1.29 is 17.9 Å². The van der Waals surface area contributed by atoms with Crippen LogP contribution in [0.1, 0.15) is 94.4 Å². The van der Waals surface area contributed by atoms with Crippen molar-refractivity contribution in [2.75, 3.05) is 26.3 Å². The summed E-state index contributed by atoms with van der Waals surface area (Å²) >= 11 is 0. The zero-order chi connectivity index (χ0) is 27.2. The Bertz CT molecular complexity index is 1220. The molecule has 37 heavy (non-hydrogen) atoms. The van der Waals surface area contributed by atoms with Gasteiger partial charge in [-0.2, -0.15) is 12.7 Å². The predicted molar refractivity (Wildman–Crippen MR) is 148 cm³/mol. The van der Waals surface area contributed by atoms with Crippen molar-refractivity contribution in [1.29, 1.82) is 0 Å². The van der Waals surface area contributed by atoms with E-state index in [1.54, 1.807) is 17.3 Å². The standard InChI is InChI=1S/C29H43N3O4S/c1-20-25(27(33)30-24-18-36-19-24)17-26(32(20)37(34,35)31-12-10-8-9-11-13-31)21-14-22(28(2,3)4)16-23(15-21)29(5,6)7/h14-17,24H,8-13,18-19H2,1-7H3,(H,30,33). The molecule has 0 spiro atoms. The van der Waals surface area contributed by atoms with Crippen LogP contribution in [0.25, 0.3) is 11.3 Å². The van der Waals surface area contributed by atoms with Crippen LogP contribution >= 0.6 is 0 Å². The first-order valence-corrected chi connectivity index (χ1v) is 14.9. The highest BCUT2D eigenvalue weighted by molar-refractivity contribution is 7.87. The lowest BCUT2D eigenvalue weighted by Gasteiger charge is -2.27. The van der Waals surface area contributed by atoms with Gasteiger partial charge in [-0.3, -0.25) is 4.79 Å². The van der Waals surface area contributed by atoms with E-state index in [1.165, 1.54) is 3.97 Å². The van der Waals surface area contributed by atoms with Gasteiger partial charge in [0, 0.05) is 18.8 Å². The van der Waals surface area contributed by atoms with Crippen LogP contribution in [0.4, 0.5) is 0 Å².